The van der Waals surface area contributed by atoms with Crippen molar-refractivity contribution in [2.75, 3.05) is 13.2 Å². The molecule has 1 fully saturated rings. The van der Waals surface area contributed by atoms with E-state index < -0.39 is 0 Å². The van der Waals surface area contributed by atoms with E-state index >= 15 is 0 Å². The molecule has 0 aromatic heterocycles. The van der Waals surface area contributed by atoms with Crippen LogP contribution in [0.3, 0.4) is 0 Å². The van der Waals surface area contributed by atoms with Crippen molar-refractivity contribution in [2.24, 2.45) is 16.8 Å². The van der Waals surface area contributed by atoms with Gasteiger partial charge in [-0.2, -0.15) is 0 Å². The molecule has 1 aliphatic rings. The number of rotatable bonds is 5. The molecule has 0 aromatic carbocycles. The van der Waals surface area contributed by atoms with Gasteiger partial charge in [0.25, 0.3) is 5.91 Å². The Morgan fingerprint density at radius 3 is 2.72 bits per heavy atom. The topological polar surface area (TPSA) is 88.2 Å². The molecule has 1 amide bonds. The van der Waals surface area contributed by atoms with Crippen LogP contribution in [0.2, 0.25) is 0 Å². The van der Waals surface area contributed by atoms with Gasteiger partial charge in [0.15, 0.2) is 0 Å². The second-order valence-corrected chi connectivity index (χ2v) is 5.02. The van der Waals surface area contributed by atoms with Gasteiger partial charge in [0.1, 0.15) is 11.9 Å². The largest absolute Gasteiger partial charge is 0.409 e. The molecule has 1 aliphatic heterocycles. The summed E-state index contributed by atoms with van der Waals surface area (Å²) in [7, 11) is 0. The van der Waals surface area contributed by atoms with E-state index in [2.05, 4.69) is 5.16 Å². The van der Waals surface area contributed by atoms with Crippen LogP contribution in [0.5, 0.6) is 0 Å². The maximum atomic E-state index is 12.4. The van der Waals surface area contributed by atoms with Gasteiger partial charge < -0.3 is 20.6 Å². The zero-order valence-electron chi connectivity index (χ0n) is 11.3. The number of amidine groups is 1. The highest BCUT2D eigenvalue weighted by Gasteiger charge is 2.34. The number of nitrogens with zero attached hydrogens (tertiary/aromatic N) is 2. The average Bonchev–Trinajstić information content (AvgIpc) is 2.74. The van der Waals surface area contributed by atoms with Crippen molar-refractivity contribution in [2.45, 2.75) is 45.8 Å². The lowest BCUT2D eigenvalue weighted by Gasteiger charge is -2.30. The van der Waals surface area contributed by atoms with Gasteiger partial charge in [0.05, 0.1) is 0 Å². The molecule has 0 saturated carbocycles. The molecule has 0 bridgehead atoms. The molecule has 1 heterocycles. The fourth-order valence-electron chi connectivity index (χ4n) is 2.08. The Morgan fingerprint density at radius 1 is 1.61 bits per heavy atom. The van der Waals surface area contributed by atoms with Gasteiger partial charge in [-0.25, -0.2) is 0 Å². The summed E-state index contributed by atoms with van der Waals surface area (Å²) in [6, 6.07) is 0.0698. The van der Waals surface area contributed by atoms with Crippen molar-refractivity contribution >= 4 is 11.7 Å². The van der Waals surface area contributed by atoms with Crippen LogP contribution in [0.1, 0.15) is 33.6 Å². The lowest BCUT2D eigenvalue weighted by molar-refractivity contribution is -0.144. The summed E-state index contributed by atoms with van der Waals surface area (Å²) in [5.74, 6) is 0.386. The van der Waals surface area contributed by atoms with Crippen LogP contribution in [-0.4, -0.2) is 47.1 Å². The van der Waals surface area contributed by atoms with Crippen molar-refractivity contribution in [3.8, 4) is 0 Å². The standard InChI is InChI=1S/C12H23N3O3/c1-8(2)15(6-4-10(13)14-17)12(16)11-9(3)5-7-18-11/h8-9,11,17H,4-7H2,1-3H3,(H2,13,14). The Kier molecular flexibility index (Phi) is 5.40. The quantitative estimate of drug-likeness (QED) is 0.330. The molecule has 2 atom stereocenters. The SMILES string of the molecule is CC1CCOC1C(=O)N(CCC(N)=NO)C(C)C. The molecule has 2 unspecified atom stereocenters. The lowest BCUT2D eigenvalue weighted by Crippen LogP contribution is -2.46. The number of carbonyl (C=O) groups excluding carboxylic acids is 1. The Labute approximate surface area is 108 Å². The molecule has 1 rings (SSSR count). The fraction of sp³-hybridized carbons (Fsp3) is 0.833. The Hall–Kier alpha value is -1.30. The van der Waals surface area contributed by atoms with Crippen LogP contribution in [0, 0.1) is 5.92 Å². The predicted octanol–water partition coefficient (Wildman–Crippen LogP) is 0.785. The first-order valence-electron chi connectivity index (χ1n) is 6.35. The maximum Gasteiger partial charge on any atom is 0.252 e. The first kappa shape index (κ1) is 14.8. The summed E-state index contributed by atoms with van der Waals surface area (Å²) < 4.78 is 5.49. The summed E-state index contributed by atoms with van der Waals surface area (Å²) in [6.45, 7) is 7.01. The van der Waals surface area contributed by atoms with E-state index in [4.69, 9.17) is 15.7 Å². The highest BCUT2D eigenvalue weighted by molar-refractivity contribution is 5.83. The van der Waals surface area contributed by atoms with Gasteiger partial charge in [-0.1, -0.05) is 12.1 Å². The van der Waals surface area contributed by atoms with Crippen LogP contribution in [0.15, 0.2) is 5.16 Å². The minimum Gasteiger partial charge on any atom is -0.409 e. The summed E-state index contributed by atoms with van der Waals surface area (Å²) in [5, 5.41) is 11.4. The van der Waals surface area contributed by atoms with Crippen LogP contribution >= 0.6 is 0 Å². The zero-order chi connectivity index (χ0) is 13.7. The van der Waals surface area contributed by atoms with E-state index in [0.717, 1.165) is 6.42 Å². The summed E-state index contributed by atoms with van der Waals surface area (Å²) in [5.41, 5.74) is 5.43. The van der Waals surface area contributed by atoms with Crippen LogP contribution in [0.4, 0.5) is 0 Å². The minimum atomic E-state index is -0.348. The predicted molar refractivity (Wildman–Crippen MR) is 68.4 cm³/mol. The Bertz CT molecular complexity index is 318. The molecule has 1 saturated heterocycles. The summed E-state index contributed by atoms with van der Waals surface area (Å²) in [4.78, 5) is 14.1. The van der Waals surface area contributed by atoms with Gasteiger partial charge in [-0.05, 0) is 26.2 Å². The molecule has 0 aliphatic carbocycles. The van der Waals surface area contributed by atoms with E-state index in [1.165, 1.54) is 0 Å². The van der Waals surface area contributed by atoms with Gasteiger partial charge in [0.2, 0.25) is 0 Å². The molecule has 6 nitrogen and oxygen atoms in total. The smallest absolute Gasteiger partial charge is 0.252 e. The van der Waals surface area contributed by atoms with Gasteiger partial charge in [0, 0.05) is 25.6 Å². The van der Waals surface area contributed by atoms with Crippen LogP contribution < -0.4 is 5.73 Å². The third-order valence-electron chi connectivity index (χ3n) is 3.27. The first-order chi connectivity index (χ1) is 8.47. The van der Waals surface area contributed by atoms with Crippen molar-refractivity contribution < 1.29 is 14.7 Å². The van der Waals surface area contributed by atoms with Crippen LogP contribution in [0.25, 0.3) is 0 Å². The number of carbonyl (C=O) groups is 1. The van der Waals surface area contributed by atoms with E-state index in [1.54, 1.807) is 4.90 Å². The maximum absolute atomic E-state index is 12.4. The molecule has 6 heteroatoms. The number of nitrogens with two attached hydrogens (primary N) is 1. The highest BCUT2D eigenvalue weighted by Crippen LogP contribution is 2.22. The van der Waals surface area contributed by atoms with E-state index in [0.29, 0.717) is 19.6 Å². The monoisotopic (exact) mass is 257 g/mol. The molecule has 0 aromatic rings. The molecule has 18 heavy (non-hydrogen) atoms. The van der Waals surface area contributed by atoms with Crippen molar-refractivity contribution in [3.63, 3.8) is 0 Å². The molecule has 0 spiro atoms. The average molecular weight is 257 g/mol. The summed E-state index contributed by atoms with van der Waals surface area (Å²) >= 11 is 0. The first-order valence-corrected chi connectivity index (χ1v) is 6.35. The normalized spacial score (nSPS) is 24.6. The van der Waals surface area contributed by atoms with Gasteiger partial charge in [-0.3, -0.25) is 4.79 Å². The fourth-order valence-corrected chi connectivity index (χ4v) is 2.08. The Balaban J connectivity index is 2.63. The second kappa shape index (κ2) is 6.58. The zero-order valence-corrected chi connectivity index (χ0v) is 11.3. The number of hydrogen-bond acceptors (Lipinski definition) is 4. The Morgan fingerprint density at radius 2 is 2.28 bits per heavy atom. The van der Waals surface area contributed by atoms with Crippen molar-refractivity contribution in [1.29, 1.82) is 0 Å². The molecule has 0 radical (unpaired) electrons. The second-order valence-electron chi connectivity index (χ2n) is 5.02. The lowest BCUT2D eigenvalue weighted by atomic mass is 10.0. The summed E-state index contributed by atoms with van der Waals surface area (Å²) in [6.07, 6.45) is 0.934. The highest BCUT2D eigenvalue weighted by atomic mass is 16.5. The molecular formula is C12H23N3O3. The third kappa shape index (κ3) is 3.60. The van der Waals surface area contributed by atoms with E-state index in [1.807, 2.05) is 20.8 Å². The third-order valence-corrected chi connectivity index (χ3v) is 3.27. The molecular weight excluding hydrogens is 234 g/mol. The van der Waals surface area contributed by atoms with Gasteiger partial charge in [-0.15, -0.1) is 0 Å². The number of ether oxygens (including phenoxy) is 1. The van der Waals surface area contributed by atoms with Crippen molar-refractivity contribution in [1.82, 2.24) is 4.90 Å². The number of amides is 1. The number of oxime groups is 1. The number of hydrogen-bond donors (Lipinski definition) is 2. The van der Waals surface area contributed by atoms with Gasteiger partial charge >= 0.3 is 0 Å². The van der Waals surface area contributed by atoms with E-state index in [-0.39, 0.29) is 29.8 Å². The van der Waals surface area contributed by atoms with Crippen molar-refractivity contribution in [3.05, 3.63) is 0 Å². The minimum absolute atomic E-state index is 0.000685. The van der Waals surface area contributed by atoms with Crippen LogP contribution in [-0.2, 0) is 9.53 Å². The molecule has 3 N–H and O–H groups in total. The molecule has 104 valence electrons. The van der Waals surface area contributed by atoms with E-state index in [9.17, 15) is 4.79 Å².